The van der Waals surface area contributed by atoms with Crippen molar-refractivity contribution >= 4 is 11.6 Å². The van der Waals surface area contributed by atoms with Crippen LogP contribution in [0.2, 0.25) is 5.02 Å². The van der Waals surface area contributed by atoms with Crippen LogP contribution in [-0.2, 0) is 5.54 Å². The van der Waals surface area contributed by atoms with Gasteiger partial charge < -0.3 is 5.73 Å². The molecular formula is C14H18ClN5. The Morgan fingerprint density at radius 1 is 1.25 bits per heavy atom. The lowest BCUT2D eigenvalue weighted by molar-refractivity contribution is 0.282. The summed E-state index contributed by atoms with van der Waals surface area (Å²) in [4.78, 5) is 0. The summed E-state index contributed by atoms with van der Waals surface area (Å²) in [6.45, 7) is 1.97. The second kappa shape index (κ2) is 5.14. The van der Waals surface area contributed by atoms with E-state index < -0.39 is 5.54 Å². The highest BCUT2D eigenvalue weighted by atomic mass is 35.5. The fourth-order valence-electron chi connectivity index (χ4n) is 2.89. The van der Waals surface area contributed by atoms with E-state index in [1.165, 1.54) is 6.42 Å². The van der Waals surface area contributed by atoms with Crippen molar-refractivity contribution < 1.29 is 0 Å². The third kappa shape index (κ3) is 2.21. The Morgan fingerprint density at radius 2 is 2.00 bits per heavy atom. The molecule has 0 spiro atoms. The van der Waals surface area contributed by atoms with Gasteiger partial charge in [-0.1, -0.05) is 36.9 Å². The van der Waals surface area contributed by atoms with Crippen LogP contribution in [0.5, 0.6) is 0 Å². The molecule has 2 N–H and O–H groups in total. The monoisotopic (exact) mass is 291 g/mol. The van der Waals surface area contributed by atoms with E-state index in [4.69, 9.17) is 17.3 Å². The average molecular weight is 292 g/mol. The molecule has 0 aliphatic heterocycles. The summed E-state index contributed by atoms with van der Waals surface area (Å²) in [7, 11) is 0. The predicted molar refractivity (Wildman–Crippen MR) is 77.9 cm³/mol. The lowest BCUT2D eigenvalue weighted by atomic mass is 9.82. The third-order valence-electron chi connectivity index (χ3n) is 4.13. The van der Waals surface area contributed by atoms with Crippen molar-refractivity contribution in [3.8, 4) is 5.69 Å². The van der Waals surface area contributed by atoms with E-state index in [0.29, 0.717) is 5.02 Å². The molecule has 6 heteroatoms. The van der Waals surface area contributed by atoms with E-state index >= 15 is 0 Å². The maximum Gasteiger partial charge on any atom is 0.176 e. The summed E-state index contributed by atoms with van der Waals surface area (Å²) in [6.07, 6.45) is 5.33. The van der Waals surface area contributed by atoms with E-state index in [9.17, 15) is 0 Å². The normalized spacial score (nSPS) is 18.1. The molecule has 5 nitrogen and oxygen atoms in total. The molecule has 1 saturated carbocycles. The van der Waals surface area contributed by atoms with Gasteiger partial charge >= 0.3 is 0 Å². The molecular weight excluding hydrogens is 274 g/mol. The largest absolute Gasteiger partial charge is 0.319 e. The van der Waals surface area contributed by atoms with Crippen molar-refractivity contribution in [1.29, 1.82) is 0 Å². The molecule has 1 aromatic heterocycles. The molecule has 0 radical (unpaired) electrons. The van der Waals surface area contributed by atoms with Crippen molar-refractivity contribution in [3.05, 3.63) is 34.6 Å². The minimum absolute atomic E-state index is 0.434. The molecule has 1 aromatic carbocycles. The van der Waals surface area contributed by atoms with Crippen LogP contribution in [-0.4, -0.2) is 20.2 Å². The molecule has 2 aromatic rings. The van der Waals surface area contributed by atoms with Gasteiger partial charge in [-0.05, 0) is 47.9 Å². The van der Waals surface area contributed by atoms with Gasteiger partial charge in [-0.25, -0.2) is 0 Å². The molecule has 0 unspecified atom stereocenters. The number of rotatable bonds is 2. The van der Waals surface area contributed by atoms with Gasteiger partial charge in [-0.3, -0.25) is 0 Å². The van der Waals surface area contributed by atoms with Crippen LogP contribution < -0.4 is 5.73 Å². The summed E-state index contributed by atoms with van der Waals surface area (Å²) in [5.41, 5.74) is 7.98. The number of benzene rings is 1. The Labute approximate surface area is 123 Å². The fraction of sp³-hybridized carbons (Fsp3) is 0.500. The van der Waals surface area contributed by atoms with Gasteiger partial charge in [0.1, 0.15) is 0 Å². The van der Waals surface area contributed by atoms with Crippen molar-refractivity contribution in [2.24, 2.45) is 5.73 Å². The summed E-state index contributed by atoms with van der Waals surface area (Å²) >= 11 is 6.19. The SMILES string of the molecule is Cc1c(Cl)cccc1-n1nnnc1C1(N)CCCCC1. The second-order valence-electron chi connectivity index (χ2n) is 5.52. The molecule has 1 fully saturated rings. The highest BCUT2D eigenvalue weighted by molar-refractivity contribution is 6.31. The predicted octanol–water partition coefficient (Wildman–Crippen LogP) is 2.74. The lowest BCUT2D eigenvalue weighted by Gasteiger charge is -2.32. The summed E-state index contributed by atoms with van der Waals surface area (Å²) < 4.78 is 1.74. The topological polar surface area (TPSA) is 69.6 Å². The molecule has 0 atom stereocenters. The average Bonchev–Trinajstić information content (AvgIpc) is 2.93. The standard InChI is InChI=1S/C14H18ClN5/c1-10-11(15)6-5-7-12(10)20-13(17-18-19-20)14(16)8-3-2-4-9-14/h5-7H,2-4,8-9,16H2,1H3. The zero-order chi connectivity index (χ0) is 14.2. The number of nitrogens with two attached hydrogens (primary N) is 1. The third-order valence-corrected chi connectivity index (χ3v) is 4.54. The Kier molecular flexibility index (Phi) is 3.48. The number of hydrogen-bond donors (Lipinski definition) is 1. The zero-order valence-electron chi connectivity index (χ0n) is 11.5. The molecule has 0 bridgehead atoms. The first-order valence-corrected chi connectivity index (χ1v) is 7.33. The van der Waals surface area contributed by atoms with Crippen LogP contribution in [0.3, 0.4) is 0 Å². The molecule has 3 rings (SSSR count). The molecule has 106 valence electrons. The molecule has 1 heterocycles. The molecule has 1 aliphatic carbocycles. The van der Waals surface area contributed by atoms with E-state index in [0.717, 1.165) is 42.8 Å². The minimum atomic E-state index is -0.434. The van der Waals surface area contributed by atoms with Crippen LogP contribution in [0.15, 0.2) is 18.2 Å². The Bertz CT molecular complexity index is 616. The van der Waals surface area contributed by atoms with Crippen LogP contribution >= 0.6 is 11.6 Å². The smallest absolute Gasteiger partial charge is 0.176 e. The van der Waals surface area contributed by atoms with Gasteiger partial charge in [0.15, 0.2) is 5.82 Å². The maximum absolute atomic E-state index is 6.55. The zero-order valence-corrected chi connectivity index (χ0v) is 12.3. The van der Waals surface area contributed by atoms with Gasteiger partial charge in [0.05, 0.1) is 11.2 Å². The molecule has 20 heavy (non-hydrogen) atoms. The summed E-state index contributed by atoms with van der Waals surface area (Å²) in [5, 5.41) is 12.9. The number of nitrogens with zero attached hydrogens (tertiary/aromatic N) is 4. The van der Waals surface area contributed by atoms with E-state index in [1.54, 1.807) is 4.68 Å². The molecule has 0 amide bonds. The van der Waals surface area contributed by atoms with E-state index in [2.05, 4.69) is 15.5 Å². The first-order chi connectivity index (χ1) is 9.62. The van der Waals surface area contributed by atoms with E-state index in [1.807, 2.05) is 25.1 Å². The summed E-state index contributed by atoms with van der Waals surface area (Å²) in [5.74, 6) is 0.738. The highest BCUT2D eigenvalue weighted by Crippen LogP contribution is 2.34. The van der Waals surface area contributed by atoms with Crippen molar-refractivity contribution in [1.82, 2.24) is 20.2 Å². The van der Waals surface area contributed by atoms with Crippen LogP contribution in [0.4, 0.5) is 0 Å². The lowest BCUT2D eigenvalue weighted by Crippen LogP contribution is -2.41. The van der Waals surface area contributed by atoms with E-state index in [-0.39, 0.29) is 0 Å². The number of halogens is 1. The van der Waals surface area contributed by atoms with Crippen molar-refractivity contribution in [3.63, 3.8) is 0 Å². The van der Waals surface area contributed by atoms with Crippen LogP contribution in [0, 0.1) is 6.92 Å². The number of aromatic nitrogens is 4. The Morgan fingerprint density at radius 3 is 2.75 bits per heavy atom. The highest BCUT2D eigenvalue weighted by Gasteiger charge is 2.35. The van der Waals surface area contributed by atoms with Gasteiger partial charge in [-0.2, -0.15) is 4.68 Å². The molecule has 1 aliphatic rings. The van der Waals surface area contributed by atoms with Crippen molar-refractivity contribution in [2.75, 3.05) is 0 Å². The Hall–Kier alpha value is -1.46. The first kappa shape index (κ1) is 13.5. The minimum Gasteiger partial charge on any atom is -0.319 e. The van der Waals surface area contributed by atoms with Crippen LogP contribution in [0.1, 0.15) is 43.5 Å². The number of hydrogen-bond acceptors (Lipinski definition) is 4. The van der Waals surface area contributed by atoms with Gasteiger partial charge in [0.25, 0.3) is 0 Å². The quantitative estimate of drug-likeness (QED) is 0.923. The van der Waals surface area contributed by atoms with Gasteiger partial charge in [-0.15, -0.1) is 5.10 Å². The first-order valence-electron chi connectivity index (χ1n) is 6.95. The molecule has 0 saturated heterocycles. The van der Waals surface area contributed by atoms with Gasteiger partial charge in [0, 0.05) is 5.02 Å². The Balaban J connectivity index is 2.08. The maximum atomic E-state index is 6.55. The van der Waals surface area contributed by atoms with Crippen molar-refractivity contribution in [2.45, 2.75) is 44.6 Å². The number of tetrazole rings is 1. The van der Waals surface area contributed by atoms with Gasteiger partial charge in [0.2, 0.25) is 0 Å². The second-order valence-corrected chi connectivity index (χ2v) is 5.92. The fourth-order valence-corrected chi connectivity index (χ4v) is 3.06. The van der Waals surface area contributed by atoms with Crippen LogP contribution in [0.25, 0.3) is 5.69 Å². The summed E-state index contributed by atoms with van der Waals surface area (Å²) in [6, 6.07) is 5.73.